The third-order valence-electron chi connectivity index (χ3n) is 4.91. The summed E-state index contributed by atoms with van der Waals surface area (Å²) in [6, 6.07) is 0.399. The summed E-state index contributed by atoms with van der Waals surface area (Å²) in [6.07, 6.45) is 5.91. The van der Waals surface area contributed by atoms with Crippen molar-refractivity contribution < 1.29 is 14.3 Å². The van der Waals surface area contributed by atoms with Crippen molar-refractivity contribution in [3.63, 3.8) is 0 Å². The Morgan fingerprint density at radius 2 is 2.23 bits per heavy atom. The molecule has 6 heteroatoms. The molecule has 0 bridgehead atoms. The molecule has 122 valence electrons. The first-order chi connectivity index (χ1) is 10.7. The van der Waals surface area contributed by atoms with E-state index in [-0.39, 0.29) is 12.0 Å². The average Bonchev–Trinajstić information content (AvgIpc) is 3.13. The summed E-state index contributed by atoms with van der Waals surface area (Å²) >= 11 is 1.62. The molecule has 2 heterocycles. The first-order valence-electron chi connectivity index (χ1n) is 7.98. The van der Waals surface area contributed by atoms with Gasteiger partial charge in [0.1, 0.15) is 11.0 Å². The molecule has 0 radical (unpaired) electrons. The molecule has 3 atom stereocenters. The number of thiazole rings is 1. The second-order valence-corrected chi connectivity index (χ2v) is 7.17. The van der Waals surface area contributed by atoms with E-state index in [0.29, 0.717) is 18.6 Å². The Labute approximate surface area is 135 Å². The van der Waals surface area contributed by atoms with Crippen LogP contribution >= 0.6 is 11.3 Å². The van der Waals surface area contributed by atoms with Crippen LogP contribution in [-0.2, 0) is 27.4 Å². The van der Waals surface area contributed by atoms with Gasteiger partial charge >= 0.3 is 5.97 Å². The van der Waals surface area contributed by atoms with Crippen molar-refractivity contribution in [1.29, 1.82) is 0 Å². The summed E-state index contributed by atoms with van der Waals surface area (Å²) in [5.41, 5.74) is 1.04. The van der Waals surface area contributed by atoms with Crippen LogP contribution in [-0.4, -0.2) is 42.2 Å². The molecule has 0 amide bonds. The Balaban J connectivity index is 1.75. The molecule has 0 unspecified atom stereocenters. The minimum absolute atomic E-state index is 0.0956. The zero-order chi connectivity index (χ0) is 15.5. The topological polar surface area (TPSA) is 51.7 Å². The Kier molecular flexibility index (Phi) is 5.10. The summed E-state index contributed by atoms with van der Waals surface area (Å²) in [7, 11) is 3.17. The van der Waals surface area contributed by atoms with Gasteiger partial charge in [0.25, 0.3) is 0 Å². The van der Waals surface area contributed by atoms with Crippen molar-refractivity contribution in [2.45, 2.75) is 57.3 Å². The lowest BCUT2D eigenvalue weighted by molar-refractivity contribution is -0.146. The van der Waals surface area contributed by atoms with Gasteiger partial charge in [-0.3, -0.25) is 9.69 Å². The van der Waals surface area contributed by atoms with Crippen LogP contribution in [0, 0.1) is 5.92 Å². The lowest BCUT2D eigenvalue weighted by atomic mass is 9.85. The summed E-state index contributed by atoms with van der Waals surface area (Å²) < 4.78 is 10.2. The predicted molar refractivity (Wildman–Crippen MR) is 84.5 cm³/mol. The summed E-state index contributed by atoms with van der Waals surface area (Å²) in [5.74, 6) is 0.539. The van der Waals surface area contributed by atoms with Gasteiger partial charge in [0.2, 0.25) is 0 Å². The van der Waals surface area contributed by atoms with Crippen molar-refractivity contribution in [3.05, 3.63) is 16.1 Å². The van der Waals surface area contributed by atoms with E-state index in [1.165, 1.54) is 32.8 Å². The quantitative estimate of drug-likeness (QED) is 0.779. The Bertz CT molecular complexity index is 519. The fraction of sp³-hybridized carbons (Fsp3) is 0.750. The molecule has 1 saturated heterocycles. The standard InChI is InChI=1S/C16H24N2O3S/c1-20-9-15-17-12(10-22-15)8-18-13-6-4-3-5-11(13)7-14(18)16(19)21-2/h10-11,13-14H,3-9H2,1-2H3/t11-,13+,14+/m1/s1. The molecule has 22 heavy (non-hydrogen) atoms. The zero-order valence-corrected chi connectivity index (χ0v) is 14.1. The van der Waals surface area contributed by atoms with E-state index in [0.717, 1.165) is 23.7 Å². The molecule has 3 rings (SSSR count). The van der Waals surface area contributed by atoms with Crippen molar-refractivity contribution in [2.75, 3.05) is 14.2 Å². The van der Waals surface area contributed by atoms with Crippen molar-refractivity contribution in [3.8, 4) is 0 Å². The number of ether oxygens (including phenoxy) is 2. The SMILES string of the molecule is COCc1nc(CN2[C@H](C(=O)OC)C[C@H]3CCCC[C@@H]32)cs1. The normalized spacial score (nSPS) is 28.5. The van der Waals surface area contributed by atoms with E-state index in [4.69, 9.17) is 9.47 Å². The molecule has 5 nitrogen and oxygen atoms in total. The molecule has 2 aliphatic rings. The molecule has 1 aromatic rings. The smallest absolute Gasteiger partial charge is 0.323 e. The number of hydrogen-bond donors (Lipinski definition) is 0. The highest BCUT2D eigenvalue weighted by atomic mass is 32.1. The number of carbonyl (C=O) groups is 1. The molecule has 0 spiro atoms. The van der Waals surface area contributed by atoms with Gasteiger partial charge in [-0.25, -0.2) is 4.98 Å². The van der Waals surface area contributed by atoms with Crippen LogP contribution in [0.4, 0.5) is 0 Å². The predicted octanol–water partition coefficient (Wildman–Crippen LogP) is 2.60. The summed E-state index contributed by atoms with van der Waals surface area (Å²) in [5, 5.41) is 3.07. The third-order valence-corrected chi connectivity index (χ3v) is 5.78. The van der Waals surface area contributed by atoms with Crippen molar-refractivity contribution in [2.24, 2.45) is 5.92 Å². The van der Waals surface area contributed by atoms with E-state index >= 15 is 0 Å². The number of rotatable bonds is 5. The van der Waals surface area contributed by atoms with E-state index in [2.05, 4.69) is 15.3 Å². The summed E-state index contributed by atoms with van der Waals surface area (Å²) in [6.45, 7) is 1.29. The lowest BCUT2D eigenvalue weighted by Crippen LogP contribution is -2.42. The Morgan fingerprint density at radius 3 is 3.00 bits per heavy atom. The minimum Gasteiger partial charge on any atom is -0.468 e. The van der Waals surface area contributed by atoms with Gasteiger partial charge in [-0.1, -0.05) is 12.8 Å². The maximum atomic E-state index is 12.2. The van der Waals surface area contributed by atoms with Crippen molar-refractivity contribution in [1.82, 2.24) is 9.88 Å². The first kappa shape index (κ1) is 15.9. The third kappa shape index (κ3) is 3.19. The Hall–Kier alpha value is -0.980. The van der Waals surface area contributed by atoms with Crippen LogP contribution in [0.15, 0.2) is 5.38 Å². The number of esters is 1. The second kappa shape index (κ2) is 7.06. The fourth-order valence-corrected chi connectivity index (χ4v) is 4.70. The lowest BCUT2D eigenvalue weighted by Gasteiger charge is -2.32. The molecular formula is C16H24N2O3S. The highest BCUT2D eigenvalue weighted by molar-refractivity contribution is 7.09. The molecule has 1 saturated carbocycles. The number of fused-ring (bicyclic) bond motifs is 1. The minimum atomic E-state index is -0.106. The van der Waals surface area contributed by atoms with Gasteiger partial charge in [-0.05, 0) is 25.2 Å². The molecule has 2 fully saturated rings. The van der Waals surface area contributed by atoms with E-state index in [9.17, 15) is 4.79 Å². The van der Waals surface area contributed by atoms with Crippen LogP contribution in [0.25, 0.3) is 0 Å². The number of nitrogens with zero attached hydrogens (tertiary/aromatic N) is 2. The van der Waals surface area contributed by atoms with Crippen LogP contribution in [0.1, 0.15) is 42.8 Å². The molecule has 1 aliphatic carbocycles. The van der Waals surface area contributed by atoms with Crippen LogP contribution in [0.2, 0.25) is 0 Å². The van der Waals surface area contributed by atoms with Gasteiger partial charge in [0.05, 0.1) is 19.4 Å². The largest absolute Gasteiger partial charge is 0.468 e. The zero-order valence-electron chi connectivity index (χ0n) is 13.3. The van der Waals surface area contributed by atoms with Crippen LogP contribution in [0.5, 0.6) is 0 Å². The van der Waals surface area contributed by atoms with Gasteiger partial charge in [-0.2, -0.15) is 0 Å². The Morgan fingerprint density at radius 1 is 1.41 bits per heavy atom. The number of likely N-dealkylation sites (tertiary alicyclic amines) is 1. The molecule has 1 aliphatic heterocycles. The van der Waals surface area contributed by atoms with Gasteiger partial charge in [-0.15, -0.1) is 11.3 Å². The van der Waals surface area contributed by atoms with Crippen LogP contribution < -0.4 is 0 Å². The number of carbonyl (C=O) groups excluding carboxylic acids is 1. The average molecular weight is 324 g/mol. The summed E-state index contributed by atoms with van der Waals surface area (Å²) in [4.78, 5) is 19.1. The van der Waals surface area contributed by atoms with Gasteiger partial charge in [0, 0.05) is 25.1 Å². The van der Waals surface area contributed by atoms with Gasteiger partial charge in [0.15, 0.2) is 0 Å². The highest BCUT2D eigenvalue weighted by Gasteiger charge is 2.45. The van der Waals surface area contributed by atoms with Crippen LogP contribution in [0.3, 0.4) is 0 Å². The molecule has 0 aromatic carbocycles. The van der Waals surface area contributed by atoms with E-state index < -0.39 is 0 Å². The first-order valence-corrected chi connectivity index (χ1v) is 8.86. The number of hydrogen-bond acceptors (Lipinski definition) is 6. The second-order valence-electron chi connectivity index (χ2n) is 6.22. The number of methoxy groups -OCH3 is 2. The molecular weight excluding hydrogens is 300 g/mol. The highest BCUT2D eigenvalue weighted by Crippen LogP contribution is 2.40. The number of aromatic nitrogens is 1. The maximum absolute atomic E-state index is 12.2. The molecule has 1 aromatic heterocycles. The molecule has 0 N–H and O–H groups in total. The maximum Gasteiger partial charge on any atom is 0.323 e. The fourth-order valence-electron chi connectivity index (χ4n) is 3.95. The van der Waals surface area contributed by atoms with Crippen molar-refractivity contribution >= 4 is 17.3 Å². The van der Waals surface area contributed by atoms with Gasteiger partial charge < -0.3 is 9.47 Å². The monoisotopic (exact) mass is 324 g/mol. The van der Waals surface area contributed by atoms with E-state index in [1.807, 2.05) is 0 Å². The van der Waals surface area contributed by atoms with E-state index in [1.54, 1.807) is 18.4 Å².